The van der Waals surface area contributed by atoms with Crippen LogP contribution in [-0.4, -0.2) is 30.2 Å². The molecule has 0 amide bonds. The van der Waals surface area contributed by atoms with Crippen LogP contribution in [0.5, 0.6) is 0 Å². The Morgan fingerprint density at radius 2 is 2.00 bits per heavy atom. The molecule has 24 heavy (non-hydrogen) atoms. The Morgan fingerprint density at radius 1 is 1.29 bits per heavy atom. The monoisotopic (exact) mass is 328 g/mol. The predicted molar refractivity (Wildman–Crippen MR) is 81.7 cm³/mol. The van der Waals surface area contributed by atoms with E-state index in [1.165, 1.54) is 18.3 Å². The van der Waals surface area contributed by atoms with Crippen molar-refractivity contribution in [2.75, 3.05) is 0 Å². The Balaban J connectivity index is 1.88. The maximum absolute atomic E-state index is 13.0. The first kappa shape index (κ1) is 14.6. The van der Waals surface area contributed by atoms with Crippen molar-refractivity contribution in [3.05, 3.63) is 63.6 Å². The molecule has 0 spiro atoms. The first-order valence-corrected chi connectivity index (χ1v) is 7.51. The highest BCUT2D eigenvalue weighted by molar-refractivity contribution is 5.87. The van der Waals surface area contributed by atoms with Gasteiger partial charge in [-0.15, -0.1) is 5.10 Å². The number of halogens is 1. The van der Waals surface area contributed by atoms with Gasteiger partial charge in [0.1, 0.15) is 11.4 Å². The van der Waals surface area contributed by atoms with Crippen LogP contribution in [0.4, 0.5) is 4.39 Å². The maximum atomic E-state index is 13.0. The summed E-state index contributed by atoms with van der Waals surface area (Å²) in [6.07, 6.45) is 3.19. The Kier molecular flexibility index (Phi) is 3.19. The molecule has 3 aromatic rings. The summed E-state index contributed by atoms with van der Waals surface area (Å²) in [5.41, 5.74) is -0.321. The van der Waals surface area contributed by atoms with Gasteiger partial charge in [0.2, 0.25) is 5.78 Å². The lowest BCUT2D eigenvalue weighted by atomic mass is 10.2. The number of nitrogens with zero attached hydrogens (tertiary/aromatic N) is 4. The summed E-state index contributed by atoms with van der Waals surface area (Å²) >= 11 is 0. The molecule has 1 N–H and O–H groups in total. The molecule has 1 aliphatic carbocycles. The highest BCUT2D eigenvalue weighted by Gasteiger charge is 2.29. The van der Waals surface area contributed by atoms with Gasteiger partial charge >= 0.3 is 5.97 Å². The van der Waals surface area contributed by atoms with Gasteiger partial charge < -0.3 is 9.67 Å². The van der Waals surface area contributed by atoms with Crippen molar-refractivity contribution >= 4 is 11.7 Å². The van der Waals surface area contributed by atoms with E-state index in [0.717, 1.165) is 22.9 Å². The number of carboxylic acids is 1. The molecular weight excluding hydrogens is 315 g/mol. The molecule has 0 atom stereocenters. The van der Waals surface area contributed by atoms with Gasteiger partial charge in [-0.1, -0.05) is 12.1 Å². The molecule has 2 heterocycles. The highest BCUT2D eigenvalue weighted by Crippen LogP contribution is 2.38. The average molecular weight is 328 g/mol. The van der Waals surface area contributed by atoms with Crippen LogP contribution in [0.1, 0.15) is 40.5 Å². The molecule has 8 heteroatoms. The molecule has 0 bridgehead atoms. The molecule has 1 saturated carbocycles. The zero-order valence-electron chi connectivity index (χ0n) is 12.5. The molecule has 0 aliphatic heterocycles. The summed E-state index contributed by atoms with van der Waals surface area (Å²) < 4.78 is 15.6. The van der Waals surface area contributed by atoms with Crippen LogP contribution in [0, 0.1) is 5.82 Å². The Labute approximate surface area is 135 Å². The molecule has 0 radical (unpaired) electrons. The van der Waals surface area contributed by atoms with E-state index >= 15 is 0 Å². The lowest BCUT2D eigenvalue weighted by Gasteiger charge is -2.09. The Bertz CT molecular complexity index is 1000. The minimum atomic E-state index is -1.32. The van der Waals surface area contributed by atoms with Crippen LogP contribution < -0.4 is 5.56 Å². The summed E-state index contributed by atoms with van der Waals surface area (Å²) in [7, 11) is 0. The summed E-state index contributed by atoms with van der Waals surface area (Å²) in [5, 5.41) is 13.4. The Morgan fingerprint density at radius 3 is 2.62 bits per heavy atom. The largest absolute Gasteiger partial charge is 0.477 e. The van der Waals surface area contributed by atoms with Crippen LogP contribution in [-0.2, 0) is 6.54 Å². The van der Waals surface area contributed by atoms with Crippen LogP contribution in [0.15, 0.2) is 35.3 Å². The zero-order valence-corrected chi connectivity index (χ0v) is 12.5. The van der Waals surface area contributed by atoms with E-state index in [9.17, 15) is 19.1 Å². The summed E-state index contributed by atoms with van der Waals surface area (Å²) in [5.74, 6) is -0.595. The number of fused-ring (bicyclic) bond motifs is 1. The van der Waals surface area contributed by atoms with Crippen molar-refractivity contribution in [3.8, 4) is 0 Å². The first-order chi connectivity index (χ1) is 11.5. The van der Waals surface area contributed by atoms with Gasteiger partial charge in [-0.25, -0.2) is 9.18 Å². The second-order valence-electron chi connectivity index (χ2n) is 5.86. The van der Waals surface area contributed by atoms with Crippen LogP contribution in [0.3, 0.4) is 0 Å². The van der Waals surface area contributed by atoms with Gasteiger partial charge in [0.15, 0.2) is 5.82 Å². The maximum Gasteiger partial charge on any atom is 0.342 e. The fourth-order valence-corrected chi connectivity index (χ4v) is 2.59. The molecule has 2 aromatic heterocycles. The third kappa shape index (κ3) is 2.45. The molecule has 0 saturated heterocycles. The van der Waals surface area contributed by atoms with Crippen LogP contribution in [0.25, 0.3) is 5.78 Å². The van der Waals surface area contributed by atoms with Gasteiger partial charge in [-0.3, -0.25) is 4.79 Å². The average Bonchev–Trinajstić information content (AvgIpc) is 3.30. The smallest absolute Gasteiger partial charge is 0.342 e. The molecule has 4 rings (SSSR count). The van der Waals surface area contributed by atoms with Crippen molar-refractivity contribution < 1.29 is 14.3 Å². The summed E-state index contributed by atoms with van der Waals surface area (Å²) in [6.45, 7) is 0.257. The van der Waals surface area contributed by atoms with E-state index in [1.54, 1.807) is 16.7 Å². The van der Waals surface area contributed by atoms with Crippen molar-refractivity contribution in [3.63, 3.8) is 0 Å². The minimum absolute atomic E-state index is 0.233. The van der Waals surface area contributed by atoms with Gasteiger partial charge in [-0.2, -0.15) is 9.50 Å². The Hall–Kier alpha value is -3.03. The third-order valence-electron chi connectivity index (χ3n) is 4.01. The molecule has 0 unspecified atom stereocenters. The third-order valence-corrected chi connectivity index (χ3v) is 4.01. The van der Waals surface area contributed by atoms with Crippen molar-refractivity contribution in [2.45, 2.75) is 25.3 Å². The second kappa shape index (κ2) is 5.26. The van der Waals surface area contributed by atoms with Crippen LogP contribution in [0.2, 0.25) is 0 Å². The topological polar surface area (TPSA) is 89.5 Å². The number of carboxylic acid groups (broad SMARTS) is 1. The lowest BCUT2D eigenvalue weighted by molar-refractivity contribution is 0.0693. The zero-order chi connectivity index (χ0) is 16.8. The quantitative estimate of drug-likeness (QED) is 0.786. The number of benzene rings is 1. The van der Waals surface area contributed by atoms with E-state index in [0.29, 0.717) is 5.82 Å². The first-order valence-electron chi connectivity index (χ1n) is 7.51. The molecule has 7 nitrogen and oxygen atoms in total. The fraction of sp³-hybridized carbons (Fsp3) is 0.250. The number of carbonyl (C=O) groups is 1. The molecule has 1 fully saturated rings. The molecule has 122 valence electrons. The van der Waals surface area contributed by atoms with Gasteiger partial charge in [0, 0.05) is 12.1 Å². The summed E-state index contributed by atoms with van der Waals surface area (Å²) in [6, 6.07) is 5.85. The van der Waals surface area contributed by atoms with E-state index < -0.39 is 11.5 Å². The van der Waals surface area contributed by atoms with E-state index in [4.69, 9.17) is 0 Å². The van der Waals surface area contributed by atoms with Gasteiger partial charge in [0.05, 0.1) is 6.54 Å². The SMILES string of the molecule is O=C(O)c1cn(Cc2ccc(F)cc2)c2nc(C3CC3)nn2c1=O. The van der Waals surface area contributed by atoms with Crippen molar-refractivity contribution in [2.24, 2.45) is 0 Å². The summed E-state index contributed by atoms with van der Waals surface area (Å²) in [4.78, 5) is 28.0. The standard InChI is InChI=1S/C16H13FN4O3/c17-11-5-1-9(2-6-11)7-20-8-12(15(23)24)14(22)21-16(20)18-13(19-21)10-3-4-10/h1-2,5-6,8,10H,3-4,7H2,(H,23,24). The van der Waals surface area contributed by atoms with Gasteiger partial charge in [0.25, 0.3) is 5.56 Å². The number of aromatic carboxylic acids is 1. The van der Waals surface area contributed by atoms with Crippen molar-refractivity contribution in [1.29, 1.82) is 0 Å². The number of hydrogen-bond acceptors (Lipinski definition) is 4. The minimum Gasteiger partial charge on any atom is -0.477 e. The van der Waals surface area contributed by atoms with E-state index in [2.05, 4.69) is 10.1 Å². The number of aromatic nitrogens is 4. The van der Waals surface area contributed by atoms with Crippen molar-refractivity contribution in [1.82, 2.24) is 19.2 Å². The van der Waals surface area contributed by atoms with E-state index in [1.807, 2.05) is 0 Å². The predicted octanol–water partition coefficient (Wildman–Crippen LogP) is 1.65. The lowest BCUT2D eigenvalue weighted by Crippen LogP contribution is -2.26. The number of hydrogen-bond donors (Lipinski definition) is 1. The van der Waals surface area contributed by atoms with Gasteiger partial charge in [-0.05, 0) is 30.5 Å². The molecule has 1 aromatic carbocycles. The molecule has 1 aliphatic rings. The normalized spacial score (nSPS) is 14.2. The number of rotatable bonds is 4. The molecular formula is C16H13FN4O3. The van der Waals surface area contributed by atoms with E-state index in [-0.39, 0.29) is 29.6 Å². The second-order valence-corrected chi connectivity index (χ2v) is 5.86. The highest BCUT2D eigenvalue weighted by atomic mass is 19.1. The van der Waals surface area contributed by atoms with Crippen LogP contribution >= 0.6 is 0 Å². The fourth-order valence-electron chi connectivity index (χ4n) is 2.59.